The smallest absolute Gasteiger partial charge is 0.296 e. The number of nitro benzene ring substituents is 1. The number of aliphatic hydroxyl groups is 1. The van der Waals surface area contributed by atoms with Crippen LogP contribution in [0, 0.1) is 10.1 Å². The van der Waals surface area contributed by atoms with Crippen LogP contribution in [-0.2, 0) is 20.0 Å². The standard InChI is InChI=1S/C28H23N3O8S2/c1-28(2,3)17-8-6-16(7-9-17)23-22(24(32)20-5-4-14-39-20)25(33)26(34)30(23)27-29-15-21(40-27)41(37,38)19-12-10-18(11-13-19)31(35)36/h4-15,23,33H,1-3H3. The van der Waals surface area contributed by atoms with E-state index in [9.17, 15) is 33.2 Å². The number of sulfone groups is 1. The molecule has 2 aromatic carbocycles. The predicted molar refractivity (Wildman–Crippen MR) is 149 cm³/mol. The van der Waals surface area contributed by atoms with E-state index in [1.165, 1.54) is 18.4 Å². The summed E-state index contributed by atoms with van der Waals surface area (Å²) in [7, 11) is -4.15. The second-order valence-electron chi connectivity index (χ2n) is 10.2. The number of Topliss-reactive ketones (excluding diaryl/α,β-unsaturated/α-hetero) is 1. The van der Waals surface area contributed by atoms with Crippen molar-refractivity contribution >= 4 is 43.7 Å². The van der Waals surface area contributed by atoms with Gasteiger partial charge in [-0.15, -0.1) is 0 Å². The Kier molecular flexibility index (Phi) is 6.87. The summed E-state index contributed by atoms with van der Waals surface area (Å²) in [6.07, 6.45) is 2.36. The first-order valence-corrected chi connectivity index (χ1v) is 14.5. The summed E-state index contributed by atoms with van der Waals surface area (Å²) in [5, 5.41) is 21.8. The molecule has 41 heavy (non-hydrogen) atoms. The number of rotatable bonds is 7. The van der Waals surface area contributed by atoms with Gasteiger partial charge in [-0.2, -0.15) is 0 Å². The first-order chi connectivity index (χ1) is 19.3. The summed E-state index contributed by atoms with van der Waals surface area (Å²) in [4.78, 5) is 42.2. The van der Waals surface area contributed by atoms with Crippen LogP contribution < -0.4 is 4.90 Å². The average Bonchev–Trinajstić information content (AvgIpc) is 3.69. The van der Waals surface area contributed by atoms with Crippen molar-refractivity contribution in [2.45, 2.75) is 41.3 Å². The Bertz CT molecular complexity index is 1800. The van der Waals surface area contributed by atoms with Crippen LogP contribution >= 0.6 is 11.3 Å². The maximum absolute atomic E-state index is 13.4. The molecule has 1 aliphatic heterocycles. The zero-order valence-corrected chi connectivity index (χ0v) is 23.6. The van der Waals surface area contributed by atoms with Gasteiger partial charge in [0.1, 0.15) is 4.21 Å². The number of carbonyl (C=O) groups is 2. The van der Waals surface area contributed by atoms with Gasteiger partial charge >= 0.3 is 0 Å². The Morgan fingerprint density at radius 3 is 2.32 bits per heavy atom. The van der Waals surface area contributed by atoms with E-state index in [1.54, 1.807) is 12.1 Å². The fourth-order valence-corrected chi connectivity index (χ4v) is 6.95. The minimum absolute atomic E-state index is 0.0748. The van der Waals surface area contributed by atoms with Gasteiger partial charge in [-0.1, -0.05) is 56.4 Å². The van der Waals surface area contributed by atoms with Gasteiger partial charge in [-0.3, -0.25) is 24.6 Å². The molecule has 210 valence electrons. The topological polar surface area (TPSA) is 161 Å². The van der Waals surface area contributed by atoms with Crippen LogP contribution in [0.5, 0.6) is 0 Å². The number of nitrogens with zero attached hydrogens (tertiary/aromatic N) is 3. The lowest BCUT2D eigenvalue weighted by molar-refractivity contribution is -0.384. The minimum Gasteiger partial charge on any atom is -0.503 e. The molecule has 1 atom stereocenters. The van der Waals surface area contributed by atoms with Crippen LogP contribution in [0.1, 0.15) is 48.5 Å². The summed E-state index contributed by atoms with van der Waals surface area (Å²) in [5.74, 6) is -2.52. The lowest BCUT2D eigenvalue weighted by Gasteiger charge is -2.25. The molecular weight excluding hydrogens is 570 g/mol. The number of ketones is 1. The highest BCUT2D eigenvalue weighted by atomic mass is 32.2. The zero-order valence-electron chi connectivity index (χ0n) is 22.0. The van der Waals surface area contributed by atoms with E-state index >= 15 is 0 Å². The lowest BCUT2D eigenvalue weighted by atomic mass is 9.85. The maximum atomic E-state index is 13.4. The van der Waals surface area contributed by atoms with Crippen molar-refractivity contribution in [2.75, 3.05) is 4.90 Å². The molecule has 5 rings (SSSR count). The monoisotopic (exact) mass is 593 g/mol. The summed E-state index contributed by atoms with van der Waals surface area (Å²) in [6, 6.07) is 13.3. The number of nitro groups is 1. The van der Waals surface area contributed by atoms with Crippen molar-refractivity contribution in [1.29, 1.82) is 0 Å². The Labute approximate surface area is 238 Å². The largest absolute Gasteiger partial charge is 0.503 e. The highest BCUT2D eigenvalue weighted by Crippen LogP contribution is 2.44. The van der Waals surface area contributed by atoms with Crippen molar-refractivity contribution in [3.8, 4) is 0 Å². The minimum atomic E-state index is -4.15. The number of non-ortho nitro benzene ring substituents is 1. The molecule has 4 aromatic rings. The number of aliphatic hydroxyl groups excluding tert-OH is 1. The Hall–Kier alpha value is -4.62. The molecular formula is C28H23N3O8S2. The summed E-state index contributed by atoms with van der Waals surface area (Å²) in [6.45, 7) is 6.11. The molecule has 11 nitrogen and oxygen atoms in total. The Morgan fingerprint density at radius 2 is 1.76 bits per heavy atom. The highest BCUT2D eigenvalue weighted by molar-refractivity contribution is 7.93. The lowest BCUT2D eigenvalue weighted by Crippen LogP contribution is -2.31. The fourth-order valence-electron chi connectivity index (χ4n) is 4.41. The molecule has 0 saturated heterocycles. The average molecular weight is 594 g/mol. The molecule has 0 saturated carbocycles. The number of carbonyl (C=O) groups excluding carboxylic acids is 2. The van der Waals surface area contributed by atoms with Crippen molar-refractivity contribution in [2.24, 2.45) is 0 Å². The molecule has 1 unspecified atom stereocenters. The molecule has 1 N–H and O–H groups in total. The van der Waals surface area contributed by atoms with Crippen LogP contribution in [0.25, 0.3) is 0 Å². The van der Waals surface area contributed by atoms with Gasteiger partial charge in [0.15, 0.2) is 16.7 Å². The van der Waals surface area contributed by atoms with E-state index in [1.807, 2.05) is 32.9 Å². The molecule has 1 aliphatic rings. The van der Waals surface area contributed by atoms with Crippen molar-refractivity contribution in [1.82, 2.24) is 4.98 Å². The van der Waals surface area contributed by atoms with Crippen LogP contribution in [0.3, 0.4) is 0 Å². The van der Waals surface area contributed by atoms with E-state index in [4.69, 9.17) is 4.42 Å². The maximum Gasteiger partial charge on any atom is 0.296 e. The van der Waals surface area contributed by atoms with Gasteiger partial charge in [-0.25, -0.2) is 13.4 Å². The van der Waals surface area contributed by atoms with Crippen LogP contribution in [0.2, 0.25) is 0 Å². The second kappa shape index (κ2) is 10.1. The number of furan rings is 1. The number of thiazole rings is 1. The van der Waals surface area contributed by atoms with E-state index in [-0.39, 0.29) is 36.7 Å². The van der Waals surface area contributed by atoms with Gasteiger partial charge < -0.3 is 9.52 Å². The molecule has 0 spiro atoms. The number of anilines is 1. The van der Waals surface area contributed by atoms with Crippen LogP contribution in [-0.4, -0.2) is 35.1 Å². The molecule has 13 heteroatoms. The predicted octanol–water partition coefficient (Wildman–Crippen LogP) is 5.56. The molecule has 1 amide bonds. The summed E-state index contributed by atoms with van der Waals surface area (Å²) >= 11 is 0.665. The van der Waals surface area contributed by atoms with Crippen molar-refractivity contribution in [3.05, 3.63) is 111 Å². The highest BCUT2D eigenvalue weighted by Gasteiger charge is 2.46. The van der Waals surface area contributed by atoms with Gasteiger partial charge in [0.2, 0.25) is 15.6 Å². The molecule has 0 fully saturated rings. The quantitative estimate of drug-likeness (QED) is 0.164. The molecule has 0 bridgehead atoms. The number of benzene rings is 2. The molecule has 0 aliphatic carbocycles. The third-order valence-electron chi connectivity index (χ3n) is 6.59. The zero-order chi connectivity index (χ0) is 29.7. The SMILES string of the molecule is CC(C)(C)c1ccc(C2C(C(=O)c3ccco3)=C(O)C(=O)N2c2ncc(S(=O)(=O)c3ccc([N+](=O)[O-])cc3)s2)cc1. The third-order valence-corrected chi connectivity index (χ3v) is 9.82. The van der Waals surface area contributed by atoms with Crippen LogP contribution in [0.4, 0.5) is 10.8 Å². The fraction of sp³-hybridized carbons (Fsp3) is 0.179. The van der Waals surface area contributed by atoms with Crippen LogP contribution in [0.15, 0.2) is 98.0 Å². The number of hydrogen-bond donors (Lipinski definition) is 1. The normalized spacial score (nSPS) is 15.9. The number of amides is 1. The van der Waals surface area contributed by atoms with E-state index in [2.05, 4.69) is 4.98 Å². The Balaban J connectivity index is 1.58. The Morgan fingerprint density at radius 1 is 1.10 bits per heavy atom. The number of hydrogen-bond acceptors (Lipinski definition) is 10. The first kappa shape index (κ1) is 27.9. The third kappa shape index (κ3) is 4.93. The summed E-state index contributed by atoms with van der Waals surface area (Å²) < 4.78 is 31.5. The number of aromatic nitrogens is 1. The summed E-state index contributed by atoms with van der Waals surface area (Å²) in [5.41, 5.74) is 0.802. The first-order valence-electron chi connectivity index (χ1n) is 12.2. The van der Waals surface area contributed by atoms with Gasteiger partial charge in [0, 0.05) is 12.1 Å². The van der Waals surface area contributed by atoms with Gasteiger partial charge in [0.05, 0.1) is 33.9 Å². The van der Waals surface area contributed by atoms with E-state index in [0.717, 1.165) is 40.9 Å². The van der Waals surface area contributed by atoms with E-state index < -0.39 is 38.3 Å². The van der Waals surface area contributed by atoms with Gasteiger partial charge in [-0.05, 0) is 40.8 Å². The molecule has 0 radical (unpaired) electrons. The molecule has 2 aromatic heterocycles. The van der Waals surface area contributed by atoms with Gasteiger partial charge in [0.25, 0.3) is 11.6 Å². The van der Waals surface area contributed by atoms with E-state index in [0.29, 0.717) is 16.9 Å². The van der Waals surface area contributed by atoms with Crippen molar-refractivity contribution in [3.63, 3.8) is 0 Å². The molecule has 3 heterocycles. The van der Waals surface area contributed by atoms with Crippen molar-refractivity contribution < 1.29 is 32.5 Å². The second-order valence-corrected chi connectivity index (χ2v) is 13.4.